The summed E-state index contributed by atoms with van der Waals surface area (Å²) < 4.78 is 0. The fraction of sp³-hybridized carbons (Fsp3) is 0.160. The molecule has 3 aromatic rings. The summed E-state index contributed by atoms with van der Waals surface area (Å²) in [4.78, 5) is 31.5. The lowest BCUT2D eigenvalue weighted by Crippen LogP contribution is -2.29. The number of hydrogen-bond donors (Lipinski definition) is 2. The van der Waals surface area contributed by atoms with Crippen LogP contribution in [-0.2, 0) is 9.59 Å². The minimum Gasteiger partial charge on any atom is -0.507 e. The SMILES string of the molecule is Cc1ccc(O)c(N2C(=O)C(=O)/C(=C(\O)c3ccc(C)c(C)c3)C2c2ccncc2)c1. The van der Waals surface area contributed by atoms with Crippen LogP contribution in [0.15, 0.2) is 66.5 Å². The number of anilines is 1. The number of carbonyl (C=O) groups is 2. The largest absolute Gasteiger partial charge is 0.507 e. The highest BCUT2D eigenvalue weighted by Crippen LogP contribution is 2.44. The maximum atomic E-state index is 13.1. The molecular formula is C25H22N2O4. The molecule has 0 saturated carbocycles. The Morgan fingerprint density at radius 2 is 1.65 bits per heavy atom. The molecule has 6 nitrogen and oxygen atoms in total. The third-order valence-corrected chi connectivity index (χ3v) is 5.64. The lowest BCUT2D eigenvalue weighted by atomic mass is 9.94. The maximum absolute atomic E-state index is 13.1. The molecule has 1 amide bonds. The minimum atomic E-state index is -0.905. The van der Waals surface area contributed by atoms with E-state index >= 15 is 0 Å². The molecule has 1 atom stereocenters. The van der Waals surface area contributed by atoms with Crippen molar-refractivity contribution in [3.05, 3.63) is 94.3 Å². The summed E-state index contributed by atoms with van der Waals surface area (Å²) in [6.45, 7) is 5.70. The highest BCUT2D eigenvalue weighted by molar-refractivity contribution is 6.51. The van der Waals surface area contributed by atoms with E-state index in [4.69, 9.17) is 0 Å². The van der Waals surface area contributed by atoms with Gasteiger partial charge in [0.15, 0.2) is 0 Å². The van der Waals surface area contributed by atoms with Gasteiger partial charge in [0.2, 0.25) is 0 Å². The van der Waals surface area contributed by atoms with Crippen molar-refractivity contribution in [2.75, 3.05) is 4.90 Å². The van der Waals surface area contributed by atoms with Gasteiger partial charge in [0.1, 0.15) is 11.5 Å². The predicted molar refractivity (Wildman–Crippen MR) is 118 cm³/mol. The van der Waals surface area contributed by atoms with Crippen molar-refractivity contribution in [3.63, 3.8) is 0 Å². The molecule has 4 rings (SSSR count). The second-order valence-corrected chi connectivity index (χ2v) is 7.74. The average molecular weight is 414 g/mol. The van der Waals surface area contributed by atoms with Gasteiger partial charge >= 0.3 is 0 Å². The number of phenols is 1. The zero-order valence-corrected chi connectivity index (χ0v) is 17.5. The van der Waals surface area contributed by atoms with Crippen LogP contribution in [0.3, 0.4) is 0 Å². The van der Waals surface area contributed by atoms with Crippen LogP contribution in [0.4, 0.5) is 5.69 Å². The molecule has 2 heterocycles. The van der Waals surface area contributed by atoms with E-state index in [9.17, 15) is 19.8 Å². The number of aliphatic hydroxyl groups is 1. The summed E-state index contributed by atoms with van der Waals surface area (Å²) in [5.74, 6) is -2.00. The number of aliphatic hydroxyl groups excluding tert-OH is 1. The van der Waals surface area contributed by atoms with E-state index < -0.39 is 17.7 Å². The number of rotatable bonds is 3. The molecule has 1 aromatic heterocycles. The minimum absolute atomic E-state index is 0.0274. The number of aryl methyl sites for hydroxylation is 3. The van der Waals surface area contributed by atoms with Gasteiger partial charge in [-0.1, -0.05) is 18.2 Å². The summed E-state index contributed by atoms with van der Waals surface area (Å²) in [5, 5.41) is 21.6. The van der Waals surface area contributed by atoms with E-state index in [0.717, 1.165) is 16.7 Å². The first-order valence-electron chi connectivity index (χ1n) is 9.87. The quantitative estimate of drug-likeness (QED) is 0.378. The Morgan fingerprint density at radius 3 is 2.32 bits per heavy atom. The van der Waals surface area contributed by atoms with Gasteiger partial charge in [-0.05, 0) is 73.4 Å². The third kappa shape index (κ3) is 3.46. The van der Waals surface area contributed by atoms with Crippen molar-refractivity contribution in [2.24, 2.45) is 0 Å². The topological polar surface area (TPSA) is 90.7 Å². The monoisotopic (exact) mass is 414 g/mol. The highest BCUT2D eigenvalue weighted by Gasteiger charge is 2.47. The number of benzene rings is 2. The molecular weight excluding hydrogens is 392 g/mol. The molecule has 2 aromatic carbocycles. The summed E-state index contributed by atoms with van der Waals surface area (Å²) in [6, 6.07) is 12.7. The number of aromatic nitrogens is 1. The summed E-state index contributed by atoms with van der Waals surface area (Å²) in [5.41, 5.74) is 4.05. The zero-order chi connectivity index (χ0) is 22.3. The number of phenolic OH excluding ortho intramolecular Hbond substituents is 1. The van der Waals surface area contributed by atoms with Crippen molar-refractivity contribution in [1.29, 1.82) is 0 Å². The Kier molecular flexibility index (Phi) is 5.07. The molecule has 1 aliphatic heterocycles. The van der Waals surface area contributed by atoms with Gasteiger partial charge < -0.3 is 10.2 Å². The van der Waals surface area contributed by atoms with E-state index in [1.54, 1.807) is 48.8 Å². The number of hydrogen-bond acceptors (Lipinski definition) is 5. The van der Waals surface area contributed by atoms with Crippen LogP contribution in [0.25, 0.3) is 5.76 Å². The van der Waals surface area contributed by atoms with Crippen LogP contribution in [0, 0.1) is 20.8 Å². The lowest BCUT2D eigenvalue weighted by Gasteiger charge is -2.26. The number of amides is 1. The first-order chi connectivity index (χ1) is 14.8. The Balaban J connectivity index is 1.98. The van der Waals surface area contributed by atoms with E-state index in [1.165, 1.54) is 11.0 Å². The Morgan fingerprint density at radius 1 is 0.935 bits per heavy atom. The van der Waals surface area contributed by atoms with Gasteiger partial charge in [-0.3, -0.25) is 19.5 Å². The molecule has 2 N–H and O–H groups in total. The number of carbonyl (C=O) groups excluding carboxylic acids is 2. The molecule has 1 aliphatic rings. The van der Waals surface area contributed by atoms with Crippen molar-refractivity contribution in [1.82, 2.24) is 4.98 Å². The molecule has 156 valence electrons. The van der Waals surface area contributed by atoms with E-state index in [0.29, 0.717) is 11.1 Å². The normalized spacial score (nSPS) is 17.9. The smallest absolute Gasteiger partial charge is 0.300 e. The van der Waals surface area contributed by atoms with Crippen LogP contribution in [0.2, 0.25) is 0 Å². The first-order valence-corrected chi connectivity index (χ1v) is 9.87. The van der Waals surface area contributed by atoms with Crippen molar-refractivity contribution in [3.8, 4) is 5.75 Å². The second-order valence-electron chi connectivity index (χ2n) is 7.74. The second kappa shape index (κ2) is 7.72. The van der Waals surface area contributed by atoms with Gasteiger partial charge in [-0.15, -0.1) is 0 Å². The number of nitrogens with zero attached hydrogens (tertiary/aromatic N) is 2. The van der Waals surface area contributed by atoms with Crippen molar-refractivity contribution < 1.29 is 19.8 Å². The molecule has 0 radical (unpaired) electrons. The van der Waals surface area contributed by atoms with Crippen LogP contribution in [0.1, 0.15) is 33.9 Å². The van der Waals surface area contributed by atoms with E-state index in [2.05, 4.69) is 4.98 Å². The van der Waals surface area contributed by atoms with Gasteiger partial charge in [0.05, 0.1) is 17.3 Å². The lowest BCUT2D eigenvalue weighted by molar-refractivity contribution is -0.132. The summed E-state index contributed by atoms with van der Waals surface area (Å²) in [7, 11) is 0. The molecule has 6 heteroatoms. The maximum Gasteiger partial charge on any atom is 0.300 e. The van der Waals surface area contributed by atoms with Crippen molar-refractivity contribution >= 4 is 23.1 Å². The Hall–Kier alpha value is -3.93. The average Bonchev–Trinajstić information content (AvgIpc) is 3.02. The highest BCUT2D eigenvalue weighted by atomic mass is 16.3. The van der Waals surface area contributed by atoms with Gasteiger partial charge in [0, 0.05) is 18.0 Å². The van der Waals surface area contributed by atoms with E-state index in [1.807, 2.05) is 26.8 Å². The van der Waals surface area contributed by atoms with Crippen LogP contribution in [-0.4, -0.2) is 26.9 Å². The number of pyridine rings is 1. The number of Topliss-reactive ketones (excluding diaryl/α,β-unsaturated/α-hetero) is 1. The van der Waals surface area contributed by atoms with Crippen molar-refractivity contribution in [2.45, 2.75) is 26.8 Å². The molecule has 0 spiro atoms. The molecule has 31 heavy (non-hydrogen) atoms. The van der Waals surface area contributed by atoms with E-state index in [-0.39, 0.29) is 22.8 Å². The third-order valence-electron chi connectivity index (χ3n) is 5.64. The van der Waals surface area contributed by atoms with Crippen LogP contribution >= 0.6 is 0 Å². The summed E-state index contributed by atoms with van der Waals surface area (Å²) in [6.07, 6.45) is 3.11. The zero-order valence-electron chi connectivity index (χ0n) is 17.5. The molecule has 0 bridgehead atoms. The van der Waals surface area contributed by atoms with Gasteiger partial charge in [-0.25, -0.2) is 0 Å². The fourth-order valence-corrected chi connectivity index (χ4v) is 3.81. The van der Waals surface area contributed by atoms with Gasteiger partial charge in [0.25, 0.3) is 11.7 Å². The molecule has 1 fully saturated rings. The number of aromatic hydroxyl groups is 1. The number of ketones is 1. The van der Waals surface area contributed by atoms with Gasteiger partial charge in [-0.2, -0.15) is 0 Å². The molecule has 1 unspecified atom stereocenters. The fourth-order valence-electron chi connectivity index (χ4n) is 3.81. The van der Waals surface area contributed by atoms with Crippen LogP contribution < -0.4 is 4.90 Å². The van der Waals surface area contributed by atoms with Crippen LogP contribution in [0.5, 0.6) is 5.75 Å². The molecule has 0 aliphatic carbocycles. The standard InChI is InChI=1S/C25H22N2O4/c1-14-4-7-20(28)19(12-14)27-22(17-8-10-26-11-9-17)21(24(30)25(27)31)23(29)18-6-5-15(2)16(3)13-18/h4-13,22,28-29H,1-3H3/b23-21-. The Bertz CT molecular complexity index is 1230. The Labute approximate surface area is 180 Å². The predicted octanol–water partition coefficient (Wildman–Crippen LogP) is 4.34. The molecule has 1 saturated heterocycles. The first kappa shape index (κ1) is 20.3. The summed E-state index contributed by atoms with van der Waals surface area (Å²) >= 11 is 0.